The minimum absolute atomic E-state index is 0.0400. The summed E-state index contributed by atoms with van der Waals surface area (Å²) in [6.07, 6.45) is 4.60. The van der Waals surface area contributed by atoms with E-state index in [2.05, 4.69) is 35.3 Å². The second-order valence-corrected chi connectivity index (χ2v) is 8.84. The lowest BCUT2D eigenvalue weighted by molar-refractivity contribution is 0.598. The molecule has 0 atom stereocenters. The van der Waals surface area contributed by atoms with Crippen molar-refractivity contribution >= 4 is 38.9 Å². The average Bonchev–Trinajstić information content (AvgIpc) is 3.16. The molecule has 0 spiro atoms. The van der Waals surface area contributed by atoms with E-state index in [4.69, 9.17) is 0 Å². The van der Waals surface area contributed by atoms with Crippen LogP contribution in [0.4, 0.5) is 28.8 Å². The second kappa shape index (κ2) is 8.63. The SMILES string of the molecule is Cc1ccnc(Nc2cc(Nc3ccc(NS(=O)(=O)c4cn(C)cn4)cc3)nc(C)n2)c1. The zero-order valence-electron chi connectivity index (χ0n) is 17.7. The minimum atomic E-state index is -3.75. The van der Waals surface area contributed by atoms with Gasteiger partial charge in [0, 0.05) is 36.9 Å². The van der Waals surface area contributed by atoms with Crippen LogP contribution >= 0.6 is 0 Å². The third-order valence-corrected chi connectivity index (χ3v) is 5.64. The van der Waals surface area contributed by atoms with Crippen molar-refractivity contribution in [3.63, 3.8) is 0 Å². The Morgan fingerprint density at radius 1 is 0.844 bits per heavy atom. The third-order valence-electron chi connectivity index (χ3n) is 4.38. The molecule has 164 valence electrons. The molecule has 0 fully saturated rings. The maximum absolute atomic E-state index is 12.4. The van der Waals surface area contributed by atoms with E-state index in [1.807, 2.05) is 19.1 Å². The quantitative estimate of drug-likeness (QED) is 0.390. The monoisotopic (exact) mass is 450 g/mol. The fourth-order valence-electron chi connectivity index (χ4n) is 2.94. The molecular formula is C21H22N8O2S. The van der Waals surface area contributed by atoms with Crippen molar-refractivity contribution < 1.29 is 8.42 Å². The summed E-state index contributed by atoms with van der Waals surface area (Å²) in [7, 11) is -2.04. The zero-order chi connectivity index (χ0) is 22.7. The summed E-state index contributed by atoms with van der Waals surface area (Å²) in [5.74, 6) is 2.48. The van der Waals surface area contributed by atoms with E-state index < -0.39 is 10.0 Å². The van der Waals surface area contributed by atoms with Crippen LogP contribution in [0.5, 0.6) is 0 Å². The second-order valence-electron chi connectivity index (χ2n) is 7.21. The topological polar surface area (TPSA) is 127 Å². The van der Waals surface area contributed by atoms with Gasteiger partial charge in [-0.25, -0.2) is 19.9 Å². The molecule has 4 rings (SSSR count). The van der Waals surface area contributed by atoms with Crippen LogP contribution in [-0.4, -0.2) is 32.9 Å². The molecule has 0 aliphatic rings. The smallest absolute Gasteiger partial charge is 0.280 e. The number of nitrogens with one attached hydrogen (secondary N) is 3. The molecule has 1 aromatic carbocycles. The number of imidazole rings is 1. The highest BCUT2D eigenvalue weighted by Gasteiger charge is 2.17. The Labute approximate surface area is 185 Å². The summed E-state index contributed by atoms with van der Waals surface area (Å²) in [6, 6.07) is 12.4. The van der Waals surface area contributed by atoms with Gasteiger partial charge in [0.15, 0.2) is 5.03 Å². The van der Waals surface area contributed by atoms with Crippen molar-refractivity contribution in [1.29, 1.82) is 0 Å². The van der Waals surface area contributed by atoms with E-state index in [1.54, 1.807) is 55.1 Å². The Morgan fingerprint density at radius 3 is 2.19 bits per heavy atom. The van der Waals surface area contributed by atoms with Gasteiger partial charge in [0.2, 0.25) is 0 Å². The number of benzene rings is 1. The van der Waals surface area contributed by atoms with Crippen LogP contribution in [0, 0.1) is 13.8 Å². The van der Waals surface area contributed by atoms with E-state index in [0.717, 1.165) is 11.3 Å². The molecule has 3 heterocycles. The Balaban J connectivity index is 1.47. The van der Waals surface area contributed by atoms with Crippen LogP contribution in [0.3, 0.4) is 0 Å². The van der Waals surface area contributed by atoms with Gasteiger partial charge < -0.3 is 15.2 Å². The Hall–Kier alpha value is -3.99. The summed E-state index contributed by atoms with van der Waals surface area (Å²) < 4.78 is 28.9. The molecule has 10 nitrogen and oxygen atoms in total. The number of rotatable bonds is 7. The maximum Gasteiger partial charge on any atom is 0.280 e. The number of pyridine rings is 1. The van der Waals surface area contributed by atoms with Gasteiger partial charge in [-0.15, -0.1) is 0 Å². The normalized spacial score (nSPS) is 11.2. The highest BCUT2D eigenvalue weighted by molar-refractivity contribution is 7.92. The number of hydrogen-bond donors (Lipinski definition) is 3. The average molecular weight is 451 g/mol. The first-order chi connectivity index (χ1) is 15.3. The van der Waals surface area contributed by atoms with Crippen molar-refractivity contribution in [2.24, 2.45) is 7.05 Å². The molecule has 4 aromatic rings. The van der Waals surface area contributed by atoms with E-state index in [0.29, 0.717) is 29.0 Å². The minimum Gasteiger partial charge on any atom is -0.340 e. The van der Waals surface area contributed by atoms with Crippen LogP contribution in [0.2, 0.25) is 0 Å². The lowest BCUT2D eigenvalue weighted by Crippen LogP contribution is -2.13. The van der Waals surface area contributed by atoms with Crippen molar-refractivity contribution in [2.45, 2.75) is 18.9 Å². The van der Waals surface area contributed by atoms with E-state index >= 15 is 0 Å². The number of sulfonamides is 1. The maximum atomic E-state index is 12.4. The van der Waals surface area contributed by atoms with Gasteiger partial charge in [-0.05, 0) is 55.8 Å². The van der Waals surface area contributed by atoms with E-state index in [1.165, 1.54) is 12.5 Å². The molecule has 0 saturated carbocycles. The molecular weight excluding hydrogens is 428 g/mol. The first kappa shape index (κ1) is 21.2. The first-order valence-corrected chi connectivity index (χ1v) is 11.2. The number of anilines is 5. The predicted octanol–water partition coefficient (Wildman–Crippen LogP) is 3.51. The number of aromatic nitrogens is 5. The van der Waals surface area contributed by atoms with Crippen LogP contribution < -0.4 is 15.4 Å². The van der Waals surface area contributed by atoms with Gasteiger partial charge in [-0.3, -0.25) is 4.72 Å². The fourth-order valence-corrected chi connectivity index (χ4v) is 3.98. The lowest BCUT2D eigenvalue weighted by atomic mass is 10.3. The third kappa shape index (κ3) is 5.19. The van der Waals surface area contributed by atoms with Crippen molar-refractivity contribution in [3.05, 3.63) is 72.6 Å². The molecule has 3 N–H and O–H groups in total. The van der Waals surface area contributed by atoms with Gasteiger partial charge in [0.05, 0.1) is 6.33 Å². The fraction of sp³-hybridized carbons (Fsp3) is 0.143. The molecule has 0 radical (unpaired) electrons. The van der Waals surface area contributed by atoms with E-state index in [-0.39, 0.29) is 5.03 Å². The lowest BCUT2D eigenvalue weighted by Gasteiger charge is -2.11. The van der Waals surface area contributed by atoms with Crippen molar-refractivity contribution in [1.82, 2.24) is 24.5 Å². The highest BCUT2D eigenvalue weighted by atomic mass is 32.2. The highest BCUT2D eigenvalue weighted by Crippen LogP contribution is 2.22. The molecule has 32 heavy (non-hydrogen) atoms. The van der Waals surface area contributed by atoms with Crippen molar-refractivity contribution in [2.75, 3.05) is 15.4 Å². The Kier molecular flexibility index (Phi) is 5.73. The predicted molar refractivity (Wildman–Crippen MR) is 123 cm³/mol. The van der Waals surface area contributed by atoms with Gasteiger partial charge in [0.25, 0.3) is 10.0 Å². The molecule has 0 aliphatic heterocycles. The molecule has 0 aliphatic carbocycles. The molecule has 11 heteroatoms. The first-order valence-electron chi connectivity index (χ1n) is 9.70. The largest absolute Gasteiger partial charge is 0.340 e. The van der Waals surface area contributed by atoms with Crippen LogP contribution in [0.15, 0.2) is 66.2 Å². The number of aryl methyl sites for hydroxylation is 3. The summed E-state index contributed by atoms with van der Waals surface area (Å²) in [5, 5.41) is 6.34. The summed E-state index contributed by atoms with van der Waals surface area (Å²) in [5.41, 5.74) is 2.25. The number of hydrogen-bond acceptors (Lipinski definition) is 8. The molecule has 0 unspecified atom stereocenters. The summed E-state index contributed by atoms with van der Waals surface area (Å²) in [6.45, 7) is 3.79. The Morgan fingerprint density at radius 2 is 1.53 bits per heavy atom. The summed E-state index contributed by atoms with van der Waals surface area (Å²) >= 11 is 0. The molecule has 0 bridgehead atoms. The van der Waals surface area contributed by atoms with Crippen LogP contribution in [0.1, 0.15) is 11.4 Å². The van der Waals surface area contributed by atoms with Gasteiger partial charge in [0.1, 0.15) is 23.3 Å². The van der Waals surface area contributed by atoms with Gasteiger partial charge in [-0.1, -0.05) is 0 Å². The molecule has 3 aromatic heterocycles. The van der Waals surface area contributed by atoms with Crippen molar-refractivity contribution in [3.8, 4) is 0 Å². The van der Waals surface area contributed by atoms with E-state index in [9.17, 15) is 8.42 Å². The van der Waals surface area contributed by atoms with Gasteiger partial charge in [-0.2, -0.15) is 8.42 Å². The summed E-state index contributed by atoms with van der Waals surface area (Å²) in [4.78, 5) is 17.0. The van der Waals surface area contributed by atoms with Crippen LogP contribution in [-0.2, 0) is 17.1 Å². The van der Waals surface area contributed by atoms with Gasteiger partial charge >= 0.3 is 0 Å². The zero-order valence-corrected chi connectivity index (χ0v) is 18.6. The number of nitrogens with zero attached hydrogens (tertiary/aromatic N) is 5. The van der Waals surface area contributed by atoms with Crippen LogP contribution in [0.25, 0.3) is 0 Å². The standard InChI is InChI=1S/C21H22N8O2S/c1-14-8-9-22-18(10-14)27-20-11-19(24-15(2)25-20)26-16-4-6-17(7-5-16)28-32(30,31)21-12-29(3)13-23-21/h4-13,28H,1-3H3,(H2,22,24,25,26,27). The molecule has 0 saturated heterocycles. The Bertz CT molecular complexity index is 1350. The molecule has 0 amide bonds.